The third-order valence-corrected chi connectivity index (χ3v) is 3.08. The van der Waals surface area contributed by atoms with Gasteiger partial charge in [-0.15, -0.1) is 0 Å². The lowest BCUT2D eigenvalue weighted by Crippen LogP contribution is -2.04. The molecule has 0 aliphatic heterocycles. The number of rotatable bonds is 4. The molecule has 1 heteroatoms. The van der Waals surface area contributed by atoms with Gasteiger partial charge in [-0.2, -0.15) is 0 Å². The number of aliphatic imine (C=N–C) groups is 1. The quantitative estimate of drug-likeness (QED) is 0.592. The van der Waals surface area contributed by atoms with Gasteiger partial charge in [0.05, 0.1) is 11.4 Å². The molecule has 0 radical (unpaired) electrons. The van der Waals surface area contributed by atoms with Crippen molar-refractivity contribution in [2.24, 2.45) is 4.99 Å². The van der Waals surface area contributed by atoms with Gasteiger partial charge in [-0.3, -0.25) is 0 Å². The number of nitrogens with zero attached hydrogens (tertiary/aromatic N) is 1. The summed E-state index contributed by atoms with van der Waals surface area (Å²) in [5.74, 6) is 0. The monoisotopic (exact) mass is 279 g/mol. The fraction of sp³-hybridized carbons (Fsp3) is 0.250. The van der Waals surface area contributed by atoms with Gasteiger partial charge >= 0.3 is 0 Å². The molecule has 2 aromatic carbocycles. The second-order valence-corrected chi connectivity index (χ2v) is 4.33. The van der Waals surface area contributed by atoms with Crippen molar-refractivity contribution in [1.29, 1.82) is 0 Å². The minimum Gasteiger partial charge on any atom is -0.248 e. The molecule has 1 nitrogen and oxygen atoms in total. The molecule has 0 aliphatic rings. The van der Waals surface area contributed by atoms with Crippen LogP contribution in [0.25, 0.3) is 0 Å². The Bertz CT molecular complexity index is 565. The van der Waals surface area contributed by atoms with E-state index in [1.54, 1.807) is 0 Å². The maximum absolute atomic E-state index is 4.82. The predicted octanol–water partition coefficient (Wildman–Crippen LogP) is 6.19. The van der Waals surface area contributed by atoms with Crippen LogP contribution in [0.2, 0.25) is 0 Å². The minimum atomic E-state index is 0.983. The molecule has 0 saturated heterocycles. The molecule has 0 bridgehead atoms. The number of benzene rings is 2. The summed E-state index contributed by atoms with van der Waals surface area (Å²) in [4.78, 5) is 4.82. The van der Waals surface area contributed by atoms with Gasteiger partial charge in [-0.1, -0.05) is 75.4 Å². The third-order valence-electron chi connectivity index (χ3n) is 3.08. The van der Waals surface area contributed by atoms with Crippen LogP contribution in [0.5, 0.6) is 0 Å². The second kappa shape index (κ2) is 9.71. The van der Waals surface area contributed by atoms with E-state index in [0.29, 0.717) is 0 Å². The van der Waals surface area contributed by atoms with Gasteiger partial charge in [0.25, 0.3) is 0 Å². The third kappa shape index (κ3) is 5.03. The van der Waals surface area contributed by atoms with Crippen molar-refractivity contribution in [3.05, 3.63) is 77.9 Å². The Kier molecular flexibility index (Phi) is 7.81. The summed E-state index contributed by atoms with van der Waals surface area (Å²) in [5, 5.41) is 0. The molecule has 21 heavy (non-hydrogen) atoms. The van der Waals surface area contributed by atoms with Crippen molar-refractivity contribution in [3.63, 3.8) is 0 Å². The number of hydrogen-bond acceptors (Lipinski definition) is 1. The van der Waals surface area contributed by atoms with Crippen LogP contribution in [0.3, 0.4) is 0 Å². The van der Waals surface area contributed by atoms with E-state index in [1.165, 1.54) is 11.1 Å². The first-order valence-corrected chi connectivity index (χ1v) is 7.70. The average Bonchev–Trinajstić information content (AvgIpc) is 2.58. The van der Waals surface area contributed by atoms with E-state index in [4.69, 9.17) is 4.99 Å². The van der Waals surface area contributed by atoms with Gasteiger partial charge in [0.15, 0.2) is 0 Å². The minimum absolute atomic E-state index is 0.983. The average molecular weight is 279 g/mol. The zero-order valence-electron chi connectivity index (χ0n) is 13.5. The molecule has 0 spiro atoms. The summed E-state index contributed by atoms with van der Waals surface area (Å²) in [6.07, 6.45) is 3.13. The first kappa shape index (κ1) is 16.9. The lowest BCUT2D eigenvalue weighted by atomic mass is 10.00. The van der Waals surface area contributed by atoms with Crippen LogP contribution in [0.4, 0.5) is 5.69 Å². The molecular formula is C20H25N. The normalized spacial score (nSPS) is 11.6. The highest BCUT2D eigenvalue weighted by molar-refractivity contribution is 6.13. The summed E-state index contributed by atoms with van der Waals surface area (Å²) in [6, 6.07) is 20.5. The Morgan fingerprint density at radius 3 is 1.90 bits per heavy atom. The van der Waals surface area contributed by atoms with Gasteiger partial charge in [0, 0.05) is 5.56 Å². The summed E-state index contributed by atoms with van der Waals surface area (Å²) in [6.45, 7) is 8.24. The fourth-order valence-electron chi connectivity index (χ4n) is 2.06. The summed E-state index contributed by atoms with van der Waals surface area (Å²) in [7, 11) is 0. The summed E-state index contributed by atoms with van der Waals surface area (Å²) in [5.41, 5.74) is 4.50. The zero-order chi connectivity index (χ0) is 15.5. The van der Waals surface area contributed by atoms with E-state index in [-0.39, 0.29) is 0 Å². The van der Waals surface area contributed by atoms with Crippen LogP contribution in [0.1, 0.15) is 39.7 Å². The Balaban J connectivity index is 0.00000106. The molecule has 0 amide bonds. The highest BCUT2D eigenvalue weighted by Gasteiger charge is 2.07. The maximum atomic E-state index is 4.82. The van der Waals surface area contributed by atoms with Crippen molar-refractivity contribution in [1.82, 2.24) is 0 Å². The lowest BCUT2D eigenvalue weighted by Gasteiger charge is -2.09. The molecule has 110 valence electrons. The molecule has 0 N–H and O–H groups in total. The van der Waals surface area contributed by atoms with Crippen molar-refractivity contribution >= 4 is 11.4 Å². The fourth-order valence-corrected chi connectivity index (χ4v) is 2.06. The highest BCUT2D eigenvalue weighted by atomic mass is 14.7. The van der Waals surface area contributed by atoms with Gasteiger partial charge in [0.1, 0.15) is 0 Å². The standard InChI is InChI=1S/C18H19N.C2H6/c1-3-15(4-2)18(16-11-7-5-8-12-16)19-17-13-9-6-10-14-17;1-2/h3,5-14H,4H2,1-2H3;1-2H3/b15-3-,19-18?;. The predicted molar refractivity (Wildman–Crippen MR) is 94.5 cm³/mol. The van der Waals surface area contributed by atoms with E-state index in [9.17, 15) is 0 Å². The van der Waals surface area contributed by atoms with Crippen molar-refractivity contribution in [2.45, 2.75) is 34.1 Å². The zero-order valence-corrected chi connectivity index (χ0v) is 13.5. The first-order chi connectivity index (χ1) is 10.3. The van der Waals surface area contributed by atoms with Gasteiger partial charge in [-0.05, 0) is 31.1 Å². The number of hydrogen-bond donors (Lipinski definition) is 0. The van der Waals surface area contributed by atoms with Crippen LogP contribution < -0.4 is 0 Å². The molecule has 0 heterocycles. The van der Waals surface area contributed by atoms with E-state index in [1.807, 2.05) is 50.2 Å². The van der Waals surface area contributed by atoms with E-state index in [0.717, 1.165) is 17.8 Å². The molecule has 0 atom stereocenters. The van der Waals surface area contributed by atoms with Crippen LogP contribution in [0, 0.1) is 0 Å². The lowest BCUT2D eigenvalue weighted by molar-refractivity contribution is 1.16. The van der Waals surface area contributed by atoms with Crippen LogP contribution in [0.15, 0.2) is 77.3 Å². The molecule has 0 aliphatic carbocycles. The van der Waals surface area contributed by atoms with Gasteiger partial charge in [0.2, 0.25) is 0 Å². The Hall–Kier alpha value is -2.15. The molecule has 2 rings (SSSR count). The van der Waals surface area contributed by atoms with Crippen molar-refractivity contribution in [3.8, 4) is 0 Å². The number of allylic oxidation sites excluding steroid dienone is 2. The van der Waals surface area contributed by atoms with Gasteiger partial charge < -0.3 is 0 Å². The van der Waals surface area contributed by atoms with E-state index in [2.05, 4.69) is 44.2 Å². The topological polar surface area (TPSA) is 12.4 Å². The largest absolute Gasteiger partial charge is 0.248 e. The Morgan fingerprint density at radius 2 is 1.43 bits per heavy atom. The highest BCUT2D eigenvalue weighted by Crippen LogP contribution is 2.19. The van der Waals surface area contributed by atoms with Crippen LogP contribution in [-0.2, 0) is 0 Å². The van der Waals surface area contributed by atoms with Crippen molar-refractivity contribution in [2.75, 3.05) is 0 Å². The molecular weight excluding hydrogens is 254 g/mol. The molecule has 0 saturated carbocycles. The van der Waals surface area contributed by atoms with E-state index >= 15 is 0 Å². The number of para-hydroxylation sites is 1. The van der Waals surface area contributed by atoms with Crippen LogP contribution >= 0.6 is 0 Å². The van der Waals surface area contributed by atoms with E-state index < -0.39 is 0 Å². The maximum Gasteiger partial charge on any atom is 0.0737 e. The summed E-state index contributed by atoms with van der Waals surface area (Å²) < 4.78 is 0. The van der Waals surface area contributed by atoms with Gasteiger partial charge in [-0.25, -0.2) is 4.99 Å². The second-order valence-electron chi connectivity index (χ2n) is 4.33. The Morgan fingerprint density at radius 1 is 0.905 bits per heavy atom. The van der Waals surface area contributed by atoms with Crippen molar-refractivity contribution < 1.29 is 0 Å². The molecule has 0 aromatic heterocycles. The van der Waals surface area contributed by atoms with Crippen LogP contribution in [-0.4, -0.2) is 5.71 Å². The molecule has 2 aromatic rings. The molecule has 0 unspecified atom stereocenters. The Labute approximate surface area is 129 Å². The summed E-state index contributed by atoms with van der Waals surface area (Å²) >= 11 is 0. The SMILES string of the molecule is C/C=C(/CC)C(=Nc1ccccc1)c1ccccc1.CC. The first-order valence-electron chi connectivity index (χ1n) is 7.70. The smallest absolute Gasteiger partial charge is 0.0737 e. The molecule has 0 fully saturated rings.